The van der Waals surface area contributed by atoms with Crippen molar-refractivity contribution < 1.29 is 37.3 Å². The predicted molar refractivity (Wildman–Crippen MR) is 144 cm³/mol. The molecule has 41 heavy (non-hydrogen) atoms. The molecule has 3 aromatic rings. The van der Waals surface area contributed by atoms with Crippen LogP contribution in [0.25, 0.3) is 22.4 Å². The Morgan fingerprint density at radius 3 is 2.68 bits per heavy atom. The number of anilines is 1. The lowest BCUT2D eigenvalue weighted by molar-refractivity contribution is -0.144. The molecule has 0 bridgehead atoms. The topological polar surface area (TPSA) is 141 Å². The lowest BCUT2D eigenvalue weighted by Crippen LogP contribution is -2.46. The minimum Gasteiger partial charge on any atom is -0.466 e. The highest BCUT2D eigenvalue weighted by Crippen LogP contribution is 2.27. The van der Waals surface area contributed by atoms with Gasteiger partial charge < -0.3 is 34.1 Å². The van der Waals surface area contributed by atoms with Crippen LogP contribution in [0.4, 0.5) is 14.6 Å². The van der Waals surface area contributed by atoms with E-state index in [1.54, 1.807) is 18.0 Å². The molecule has 2 N–H and O–H groups in total. The second-order valence-corrected chi connectivity index (χ2v) is 9.30. The molecule has 4 rings (SSSR count). The van der Waals surface area contributed by atoms with Crippen molar-refractivity contribution in [1.82, 2.24) is 24.8 Å². The first kappa shape index (κ1) is 30.2. The molecule has 1 saturated heterocycles. The third-order valence-electron chi connectivity index (χ3n) is 6.32. The zero-order valence-electron chi connectivity index (χ0n) is 22.9. The van der Waals surface area contributed by atoms with Crippen LogP contribution in [0.1, 0.15) is 26.2 Å². The first-order valence-electron chi connectivity index (χ1n) is 13.5. The maximum Gasteiger partial charge on any atom is 0.308 e. The number of aromatic nitrogens is 4. The zero-order chi connectivity index (χ0) is 29.0. The number of piperidine rings is 1. The number of nitrogens with zero attached hydrogens (tertiary/aromatic N) is 4. The summed E-state index contributed by atoms with van der Waals surface area (Å²) in [5, 5.41) is 3.58. The molecule has 14 heteroatoms. The van der Waals surface area contributed by atoms with Gasteiger partial charge in [0.15, 0.2) is 17.5 Å². The highest BCUT2D eigenvalue weighted by atomic mass is 19.1. The molecule has 1 fully saturated rings. The number of pyridine rings is 1. The van der Waals surface area contributed by atoms with E-state index in [1.165, 1.54) is 6.07 Å². The number of hydrogen-bond donors (Lipinski definition) is 2. The lowest BCUT2D eigenvalue weighted by atomic mass is 10.1. The predicted octanol–water partition coefficient (Wildman–Crippen LogP) is 2.70. The minimum absolute atomic E-state index is 0.00582. The van der Waals surface area contributed by atoms with Gasteiger partial charge in [-0.15, -0.1) is 0 Å². The summed E-state index contributed by atoms with van der Waals surface area (Å²) in [6.07, 6.45) is 5.42. The maximum absolute atomic E-state index is 14.6. The first-order valence-corrected chi connectivity index (χ1v) is 13.5. The van der Waals surface area contributed by atoms with Crippen molar-refractivity contribution in [3.63, 3.8) is 0 Å². The summed E-state index contributed by atoms with van der Waals surface area (Å²) in [6, 6.07) is 1.09. The minimum atomic E-state index is -0.630. The summed E-state index contributed by atoms with van der Waals surface area (Å²) in [7, 11) is 0. The van der Waals surface area contributed by atoms with Gasteiger partial charge in [0.2, 0.25) is 5.91 Å². The summed E-state index contributed by atoms with van der Waals surface area (Å²) in [6.45, 7) is 4.43. The molecule has 1 aliphatic rings. The quantitative estimate of drug-likeness (QED) is 0.205. The summed E-state index contributed by atoms with van der Waals surface area (Å²) in [4.78, 5) is 40.9. The fraction of sp³-hybridized carbons (Fsp3) is 0.519. The van der Waals surface area contributed by atoms with Crippen molar-refractivity contribution in [3.05, 3.63) is 36.3 Å². The van der Waals surface area contributed by atoms with E-state index in [2.05, 4.69) is 25.3 Å². The van der Waals surface area contributed by atoms with Crippen LogP contribution in [0.15, 0.2) is 24.7 Å². The number of ether oxygens (including phenoxy) is 4. The Morgan fingerprint density at radius 1 is 1.10 bits per heavy atom. The van der Waals surface area contributed by atoms with E-state index < -0.39 is 11.6 Å². The van der Waals surface area contributed by atoms with Gasteiger partial charge in [0.1, 0.15) is 18.1 Å². The van der Waals surface area contributed by atoms with Gasteiger partial charge in [-0.2, -0.15) is 0 Å². The van der Waals surface area contributed by atoms with E-state index in [0.717, 1.165) is 25.2 Å². The molecule has 0 saturated carbocycles. The van der Waals surface area contributed by atoms with E-state index in [1.807, 2.05) is 0 Å². The standard InChI is InChI=1S/C27H34F2N6O6/c1-2-41-24(37)5-7-38-8-9-39-10-11-40-17-23(36)35-6-3-4-19(16-35)33-27-22(29)15-32-26(34-27)21-14-31-25-20(21)12-18(28)13-30-25/h12-15,19H,2-11,16-17H2,1H3,(H,30,31)(H,32,33,34)/t19-/m1/s1. The SMILES string of the molecule is CCOC(=O)CCOCCOCCOCC(=O)N1CCC[C@@H](Nc2nc(-c3c[nH]c4ncc(F)cc34)ncc2F)C1. The van der Waals surface area contributed by atoms with Crippen LogP contribution in [0, 0.1) is 11.6 Å². The van der Waals surface area contributed by atoms with Crippen molar-refractivity contribution in [2.24, 2.45) is 0 Å². The van der Waals surface area contributed by atoms with E-state index in [4.69, 9.17) is 18.9 Å². The van der Waals surface area contributed by atoms with Crippen LogP contribution in [0.3, 0.4) is 0 Å². The number of aromatic amines is 1. The maximum atomic E-state index is 14.6. The van der Waals surface area contributed by atoms with E-state index in [-0.39, 0.29) is 55.8 Å². The summed E-state index contributed by atoms with van der Waals surface area (Å²) >= 11 is 0. The smallest absolute Gasteiger partial charge is 0.308 e. The van der Waals surface area contributed by atoms with Gasteiger partial charge in [0.25, 0.3) is 0 Å². The molecule has 0 aromatic carbocycles. The lowest BCUT2D eigenvalue weighted by Gasteiger charge is -2.33. The number of H-pyrrole nitrogens is 1. The largest absolute Gasteiger partial charge is 0.466 e. The number of amides is 1. The first-order chi connectivity index (χ1) is 19.9. The third-order valence-corrected chi connectivity index (χ3v) is 6.32. The second kappa shape index (κ2) is 15.3. The number of fused-ring (bicyclic) bond motifs is 1. The molecule has 1 atom stereocenters. The van der Waals surface area contributed by atoms with Crippen LogP contribution < -0.4 is 5.32 Å². The Morgan fingerprint density at radius 2 is 1.88 bits per heavy atom. The molecular weight excluding hydrogens is 542 g/mol. The average Bonchev–Trinajstić information content (AvgIpc) is 3.38. The van der Waals surface area contributed by atoms with Crippen molar-refractivity contribution in [3.8, 4) is 11.4 Å². The van der Waals surface area contributed by atoms with Crippen molar-refractivity contribution in [1.29, 1.82) is 0 Å². The normalized spacial score (nSPS) is 15.3. The molecular formula is C27H34F2N6O6. The molecule has 4 heterocycles. The Labute approximate surface area is 235 Å². The monoisotopic (exact) mass is 576 g/mol. The van der Waals surface area contributed by atoms with Gasteiger partial charge in [-0.3, -0.25) is 9.59 Å². The molecule has 0 radical (unpaired) electrons. The number of carbonyl (C=O) groups is 2. The molecule has 3 aromatic heterocycles. The van der Waals surface area contributed by atoms with Crippen molar-refractivity contribution in [2.75, 3.05) is 64.7 Å². The Kier molecular flexibility index (Phi) is 11.3. The summed E-state index contributed by atoms with van der Waals surface area (Å²) in [5.41, 5.74) is 0.967. The summed E-state index contributed by atoms with van der Waals surface area (Å²) < 4.78 is 49.3. The molecule has 12 nitrogen and oxygen atoms in total. The number of carbonyl (C=O) groups excluding carboxylic acids is 2. The molecule has 222 valence electrons. The fourth-order valence-electron chi connectivity index (χ4n) is 4.36. The van der Waals surface area contributed by atoms with Gasteiger partial charge in [-0.25, -0.2) is 23.7 Å². The second-order valence-electron chi connectivity index (χ2n) is 9.30. The third kappa shape index (κ3) is 8.87. The molecule has 0 aliphatic carbocycles. The highest BCUT2D eigenvalue weighted by molar-refractivity contribution is 5.91. The number of halogens is 2. The molecule has 0 unspecified atom stereocenters. The van der Waals surface area contributed by atoms with Crippen LogP contribution in [-0.4, -0.2) is 102 Å². The number of nitrogens with one attached hydrogen (secondary N) is 2. The van der Waals surface area contributed by atoms with Gasteiger partial charge in [0.05, 0.1) is 58.5 Å². The Bertz CT molecular complexity index is 1310. The van der Waals surface area contributed by atoms with Gasteiger partial charge in [-0.05, 0) is 25.8 Å². The van der Waals surface area contributed by atoms with Crippen LogP contribution in [-0.2, 0) is 28.5 Å². The number of rotatable bonds is 15. The number of hydrogen-bond acceptors (Lipinski definition) is 10. The molecule has 1 aliphatic heterocycles. The summed E-state index contributed by atoms with van der Waals surface area (Å²) in [5.74, 6) is -1.38. The highest BCUT2D eigenvalue weighted by Gasteiger charge is 2.25. The number of likely N-dealkylation sites (tertiary alicyclic amines) is 1. The average molecular weight is 577 g/mol. The van der Waals surface area contributed by atoms with Gasteiger partial charge in [-0.1, -0.05) is 0 Å². The number of esters is 1. The van der Waals surface area contributed by atoms with Crippen LogP contribution in [0.2, 0.25) is 0 Å². The van der Waals surface area contributed by atoms with Crippen LogP contribution >= 0.6 is 0 Å². The van der Waals surface area contributed by atoms with Crippen molar-refractivity contribution >= 4 is 28.7 Å². The molecule has 1 amide bonds. The van der Waals surface area contributed by atoms with Crippen LogP contribution in [0.5, 0.6) is 0 Å². The Balaban J connectivity index is 1.18. The van der Waals surface area contributed by atoms with E-state index in [9.17, 15) is 18.4 Å². The van der Waals surface area contributed by atoms with Gasteiger partial charge in [0, 0.05) is 36.3 Å². The zero-order valence-corrected chi connectivity index (χ0v) is 22.9. The van der Waals surface area contributed by atoms with Crippen molar-refractivity contribution in [2.45, 2.75) is 32.2 Å². The Hall–Kier alpha value is -3.75. The molecule has 0 spiro atoms. The van der Waals surface area contributed by atoms with E-state index >= 15 is 0 Å². The van der Waals surface area contributed by atoms with E-state index in [0.29, 0.717) is 56.1 Å². The van der Waals surface area contributed by atoms with Gasteiger partial charge >= 0.3 is 5.97 Å². The fourth-order valence-corrected chi connectivity index (χ4v) is 4.36.